The fourth-order valence-electron chi connectivity index (χ4n) is 1.96. The minimum Gasteiger partial charge on any atom is -0.339 e. The molecule has 122 valence electrons. The highest BCUT2D eigenvalue weighted by Gasteiger charge is 2.41. The van der Waals surface area contributed by atoms with Crippen LogP contribution in [0.15, 0.2) is 53.5 Å². The van der Waals surface area contributed by atoms with E-state index < -0.39 is 30.2 Å². The van der Waals surface area contributed by atoms with Gasteiger partial charge in [-0.25, -0.2) is 0 Å². The summed E-state index contributed by atoms with van der Waals surface area (Å²) >= 11 is 5.65. The number of carbonyl (C=O) groups excluding carboxylic acids is 1. The Kier molecular flexibility index (Phi) is 5.10. The van der Waals surface area contributed by atoms with Crippen molar-refractivity contribution >= 4 is 17.5 Å². The molecule has 0 unspecified atom stereocenters. The van der Waals surface area contributed by atoms with Crippen molar-refractivity contribution in [3.8, 4) is 0 Å². The first-order valence-corrected chi connectivity index (χ1v) is 6.92. The molecule has 0 aliphatic rings. The van der Waals surface area contributed by atoms with E-state index in [0.29, 0.717) is 0 Å². The van der Waals surface area contributed by atoms with Gasteiger partial charge in [0.1, 0.15) is 6.54 Å². The molecule has 0 aliphatic carbocycles. The van der Waals surface area contributed by atoms with Crippen LogP contribution in [0.1, 0.15) is 11.6 Å². The van der Waals surface area contributed by atoms with Crippen LogP contribution in [-0.4, -0.2) is 16.7 Å². The van der Waals surface area contributed by atoms with Crippen molar-refractivity contribution in [2.45, 2.75) is 18.8 Å². The maximum Gasteiger partial charge on any atom is 0.412 e. The molecule has 0 bridgehead atoms. The molecule has 0 saturated carbocycles. The Morgan fingerprint density at radius 3 is 2.39 bits per heavy atom. The minimum atomic E-state index is -4.68. The first kappa shape index (κ1) is 17.1. The SMILES string of the molecule is O=C(Cn1ccccc1=O)N[C@@H](c1ccc(Cl)cc1)C(F)(F)F. The molecule has 4 nitrogen and oxygen atoms in total. The Morgan fingerprint density at radius 2 is 1.83 bits per heavy atom. The van der Waals surface area contributed by atoms with Crippen molar-refractivity contribution in [2.75, 3.05) is 0 Å². The number of nitrogens with one attached hydrogen (secondary N) is 1. The number of hydrogen-bond acceptors (Lipinski definition) is 2. The highest BCUT2D eigenvalue weighted by molar-refractivity contribution is 6.30. The third-order valence-corrected chi connectivity index (χ3v) is 3.30. The average Bonchev–Trinajstić information content (AvgIpc) is 2.47. The molecule has 1 N–H and O–H groups in total. The van der Waals surface area contributed by atoms with Crippen molar-refractivity contribution in [1.29, 1.82) is 0 Å². The number of rotatable bonds is 4. The maximum atomic E-state index is 13.2. The van der Waals surface area contributed by atoms with Gasteiger partial charge in [0.05, 0.1) is 0 Å². The van der Waals surface area contributed by atoms with Crippen LogP contribution in [0.3, 0.4) is 0 Å². The normalized spacial score (nSPS) is 12.7. The second kappa shape index (κ2) is 6.87. The molecule has 0 spiro atoms. The van der Waals surface area contributed by atoms with Crippen LogP contribution in [0.5, 0.6) is 0 Å². The Bertz CT molecular complexity index is 741. The van der Waals surface area contributed by atoms with E-state index in [1.165, 1.54) is 48.7 Å². The molecule has 2 rings (SSSR count). The number of carbonyl (C=O) groups is 1. The maximum absolute atomic E-state index is 13.2. The van der Waals surface area contributed by atoms with Crippen LogP contribution in [0, 0.1) is 0 Å². The first-order chi connectivity index (χ1) is 10.8. The van der Waals surface area contributed by atoms with Crippen molar-refractivity contribution in [2.24, 2.45) is 0 Å². The summed E-state index contributed by atoms with van der Waals surface area (Å²) in [6.07, 6.45) is -3.35. The van der Waals surface area contributed by atoms with Crippen molar-refractivity contribution in [3.05, 3.63) is 69.6 Å². The molecular formula is C15H12ClF3N2O2. The van der Waals surface area contributed by atoms with E-state index in [-0.39, 0.29) is 10.6 Å². The zero-order valence-corrected chi connectivity index (χ0v) is 12.4. The zero-order chi connectivity index (χ0) is 17.0. The van der Waals surface area contributed by atoms with Gasteiger partial charge in [0.25, 0.3) is 5.56 Å². The summed E-state index contributed by atoms with van der Waals surface area (Å²) in [4.78, 5) is 23.4. The van der Waals surface area contributed by atoms with Crippen LogP contribution in [0.25, 0.3) is 0 Å². The molecule has 1 amide bonds. The van der Waals surface area contributed by atoms with Crippen LogP contribution in [0.4, 0.5) is 13.2 Å². The molecule has 0 saturated heterocycles. The van der Waals surface area contributed by atoms with E-state index in [1.54, 1.807) is 0 Å². The van der Waals surface area contributed by atoms with Gasteiger partial charge in [-0.3, -0.25) is 9.59 Å². The smallest absolute Gasteiger partial charge is 0.339 e. The van der Waals surface area contributed by atoms with Gasteiger partial charge in [0.2, 0.25) is 5.91 Å². The van der Waals surface area contributed by atoms with E-state index in [0.717, 1.165) is 4.57 Å². The topological polar surface area (TPSA) is 51.1 Å². The second-order valence-corrected chi connectivity index (χ2v) is 5.20. The minimum absolute atomic E-state index is 0.143. The van der Waals surface area contributed by atoms with Gasteiger partial charge in [-0.15, -0.1) is 0 Å². The molecule has 0 fully saturated rings. The summed E-state index contributed by atoms with van der Waals surface area (Å²) in [5.41, 5.74) is -0.617. The lowest BCUT2D eigenvalue weighted by Gasteiger charge is -2.22. The van der Waals surface area contributed by atoms with Crippen molar-refractivity contribution in [1.82, 2.24) is 9.88 Å². The van der Waals surface area contributed by atoms with Gasteiger partial charge in [0.15, 0.2) is 6.04 Å². The predicted octanol–water partition coefficient (Wildman–Crippen LogP) is 2.92. The van der Waals surface area contributed by atoms with Crippen LogP contribution >= 0.6 is 11.6 Å². The molecule has 1 aromatic carbocycles. The summed E-state index contributed by atoms with van der Waals surface area (Å²) in [6.45, 7) is -0.500. The number of alkyl halides is 3. The Balaban J connectivity index is 2.18. The standard InChI is InChI=1S/C15H12ClF3N2O2/c16-11-6-4-10(5-7-11)14(15(17,18)19)20-12(22)9-21-8-2-1-3-13(21)23/h1-8,14H,9H2,(H,20,22)/t14-/m0/s1. The summed E-state index contributed by atoms with van der Waals surface area (Å²) in [6, 6.07) is 7.02. The molecule has 0 radical (unpaired) electrons. The zero-order valence-electron chi connectivity index (χ0n) is 11.7. The molecule has 1 heterocycles. The number of amides is 1. The third-order valence-electron chi connectivity index (χ3n) is 3.05. The quantitative estimate of drug-likeness (QED) is 0.927. The van der Waals surface area contributed by atoms with Gasteiger partial charge in [0, 0.05) is 17.3 Å². The van der Waals surface area contributed by atoms with Gasteiger partial charge in [-0.05, 0) is 23.8 Å². The summed E-state index contributed by atoms with van der Waals surface area (Å²) in [7, 11) is 0. The largest absolute Gasteiger partial charge is 0.412 e. The van der Waals surface area contributed by atoms with E-state index >= 15 is 0 Å². The Morgan fingerprint density at radius 1 is 1.17 bits per heavy atom. The lowest BCUT2D eigenvalue weighted by molar-refractivity contribution is -0.163. The number of hydrogen-bond donors (Lipinski definition) is 1. The number of nitrogens with zero attached hydrogens (tertiary/aromatic N) is 1. The predicted molar refractivity (Wildman–Crippen MR) is 79.1 cm³/mol. The summed E-state index contributed by atoms with van der Waals surface area (Å²) in [5.74, 6) is -0.921. The van der Waals surface area contributed by atoms with E-state index in [4.69, 9.17) is 11.6 Å². The van der Waals surface area contributed by atoms with Crippen molar-refractivity contribution in [3.63, 3.8) is 0 Å². The van der Waals surface area contributed by atoms with Crippen LogP contribution in [0.2, 0.25) is 5.02 Å². The summed E-state index contributed by atoms with van der Waals surface area (Å²) in [5, 5.41) is 2.19. The van der Waals surface area contributed by atoms with Gasteiger partial charge in [-0.2, -0.15) is 13.2 Å². The third kappa shape index (κ3) is 4.59. The van der Waals surface area contributed by atoms with Gasteiger partial charge < -0.3 is 9.88 Å². The van der Waals surface area contributed by atoms with Crippen LogP contribution < -0.4 is 10.9 Å². The lowest BCUT2D eigenvalue weighted by Crippen LogP contribution is -2.40. The fraction of sp³-hybridized carbons (Fsp3) is 0.200. The molecule has 23 heavy (non-hydrogen) atoms. The van der Waals surface area contributed by atoms with Gasteiger partial charge >= 0.3 is 6.18 Å². The van der Waals surface area contributed by atoms with E-state index in [9.17, 15) is 22.8 Å². The fourth-order valence-corrected chi connectivity index (χ4v) is 2.09. The van der Waals surface area contributed by atoms with Gasteiger partial charge in [-0.1, -0.05) is 29.8 Å². The number of halogens is 4. The Labute approximate surface area is 134 Å². The van der Waals surface area contributed by atoms with E-state index in [1.807, 2.05) is 5.32 Å². The monoisotopic (exact) mass is 344 g/mol. The number of benzene rings is 1. The lowest BCUT2D eigenvalue weighted by atomic mass is 10.1. The number of aromatic nitrogens is 1. The average molecular weight is 345 g/mol. The molecule has 0 aliphatic heterocycles. The first-order valence-electron chi connectivity index (χ1n) is 6.54. The second-order valence-electron chi connectivity index (χ2n) is 4.76. The highest BCUT2D eigenvalue weighted by atomic mass is 35.5. The molecule has 1 aromatic heterocycles. The number of pyridine rings is 1. The molecule has 8 heteroatoms. The molecule has 2 aromatic rings. The van der Waals surface area contributed by atoms with Crippen molar-refractivity contribution < 1.29 is 18.0 Å². The summed E-state index contributed by atoms with van der Waals surface area (Å²) < 4.78 is 40.5. The highest BCUT2D eigenvalue weighted by Crippen LogP contribution is 2.33. The van der Waals surface area contributed by atoms with Crippen LogP contribution in [-0.2, 0) is 11.3 Å². The van der Waals surface area contributed by atoms with E-state index in [2.05, 4.69) is 0 Å². The molecular weight excluding hydrogens is 333 g/mol. The molecule has 1 atom stereocenters. The Hall–Kier alpha value is -2.28.